The van der Waals surface area contributed by atoms with Crippen LogP contribution in [-0.4, -0.2) is 31.0 Å². The van der Waals surface area contributed by atoms with Crippen molar-refractivity contribution in [1.29, 1.82) is 5.26 Å². The van der Waals surface area contributed by atoms with Crippen LogP contribution in [0.5, 0.6) is 5.75 Å². The third-order valence-corrected chi connectivity index (χ3v) is 6.07. The average Bonchev–Trinajstić information content (AvgIpc) is 3.12. The predicted molar refractivity (Wildman–Crippen MR) is 109 cm³/mol. The molecule has 0 aromatic heterocycles. The molecule has 4 rings (SSSR count). The Kier molecular flexibility index (Phi) is 4.50. The number of carbonyl (C=O) groups is 1. The molecule has 28 heavy (non-hydrogen) atoms. The third kappa shape index (κ3) is 2.99. The summed E-state index contributed by atoms with van der Waals surface area (Å²) >= 11 is 0. The van der Waals surface area contributed by atoms with Gasteiger partial charge in [-0.3, -0.25) is 4.79 Å². The van der Waals surface area contributed by atoms with Crippen molar-refractivity contribution >= 4 is 11.6 Å². The van der Waals surface area contributed by atoms with Gasteiger partial charge in [-0.15, -0.1) is 0 Å². The summed E-state index contributed by atoms with van der Waals surface area (Å²) in [6.45, 7) is 5.49. The van der Waals surface area contributed by atoms with Crippen molar-refractivity contribution in [3.8, 4) is 23.1 Å². The Morgan fingerprint density at radius 2 is 2.07 bits per heavy atom. The first-order valence-electron chi connectivity index (χ1n) is 9.73. The van der Waals surface area contributed by atoms with Crippen molar-refractivity contribution < 1.29 is 9.53 Å². The summed E-state index contributed by atoms with van der Waals surface area (Å²) in [5.74, 6) is 1.27. The Morgan fingerprint density at radius 3 is 2.75 bits per heavy atom. The van der Waals surface area contributed by atoms with Crippen LogP contribution in [0, 0.1) is 16.9 Å². The molecular formula is C23H25N3O2. The third-order valence-electron chi connectivity index (χ3n) is 6.07. The standard InChI is InChI=1S/C23H25N3O2/c1-15(2)16-6-7-21(28-3)19(10-16)17-4-5-18-12-23(8-9-26(13-23)14-24)22(27)25-20(18)11-17/h4-7,10-11,15H,8-9,12-13H2,1-3H3,(H,25,27). The first-order valence-corrected chi connectivity index (χ1v) is 9.73. The minimum absolute atomic E-state index is 0.0257. The Balaban J connectivity index is 1.70. The van der Waals surface area contributed by atoms with Gasteiger partial charge < -0.3 is 15.0 Å². The van der Waals surface area contributed by atoms with Crippen molar-refractivity contribution in [2.75, 3.05) is 25.5 Å². The van der Waals surface area contributed by atoms with Crippen LogP contribution in [0.4, 0.5) is 5.69 Å². The lowest BCUT2D eigenvalue weighted by Crippen LogP contribution is -2.43. The summed E-state index contributed by atoms with van der Waals surface area (Å²) < 4.78 is 5.58. The summed E-state index contributed by atoms with van der Waals surface area (Å²) in [5, 5.41) is 12.3. The van der Waals surface area contributed by atoms with Gasteiger partial charge in [0, 0.05) is 24.3 Å². The quantitative estimate of drug-likeness (QED) is 0.819. The van der Waals surface area contributed by atoms with Gasteiger partial charge in [-0.2, -0.15) is 5.26 Å². The maximum Gasteiger partial charge on any atom is 0.232 e. The number of amides is 1. The molecule has 0 saturated carbocycles. The number of ether oxygens (including phenoxy) is 1. The number of fused-ring (bicyclic) bond motifs is 1. The number of hydrogen-bond acceptors (Lipinski definition) is 4. The Bertz CT molecular complexity index is 976. The first kappa shape index (κ1) is 18.4. The highest BCUT2D eigenvalue weighted by molar-refractivity contribution is 5.99. The van der Waals surface area contributed by atoms with Crippen LogP contribution < -0.4 is 10.1 Å². The first-order chi connectivity index (χ1) is 13.5. The van der Waals surface area contributed by atoms with E-state index in [0.717, 1.165) is 34.5 Å². The number of anilines is 1. The highest BCUT2D eigenvalue weighted by Gasteiger charge is 2.47. The molecule has 0 radical (unpaired) electrons. The molecule has 2 aromatic carbocycles. The van der Waals surface area contributed by atoms with Crippen LogP contribution in [0.2, 0.25) is 0 Å². The summed E-state index contributed by atoms with van der Waals surface area (Å²) in [4.78, 5) is 14.6. The summed E-state index contributed by atoms with van der Waals surface area (Å²) in [5.41, 5.74) is 4.81. The number of likely N-dealkylation sites (tertiary alicyclic amines) is 1. The zero-order valence-corrected chi connectivity index (χ0v) is 16.6. The highest BCUT2D eigenvalue weighted by atomic mass is 16.5. The van der Waals surface area contributed by atoms with Gasteiger partial charge in [-0.05, 0) is 53.6 Å². The molecule has 1 saturated heterocycles. The van der Waals surface area contributed by atoms with Crippen LogP contribution in [0.15, 0.2) is 36.4 Å². The van der Waals surface area contributed by atoms with E-state index in [9.17, 15) is 4.79 Å². The number of hydrogen-bond donors (Lipinski definition) is 1. The fraction of sp³-hybridized carbons (Fsp3) is 0.391. The van der Waals surface area contributed by atoms with E-state index in [-0.39, 0.29) is 5.91 Å². The molecule has 0 bridgehead atoms. The van der Waals surface area contributed by atoms with Crippen molar-refractivity contribution in [3.63, 3.8) is 0 Å². The number of nitrogens with one attached hydrogen (secondary N) is 1. The largest absolute Gasteiger partial charge is 0.496 e. The van der Waals surface area contributed by atoms with Gasteiger partial charge >= 0.3 is 0 Å². The molecule has 2 aliphatic rings. The molecule has 1 unspecified atom stereocenters. The van der Waals surface area contributed by atoms with Crippen molar-refractivity contribution in [2.45, 2.75) is 32.6 Å². The molecule has 1 spiro atoms. The lowest BCUT2D eigenvalue weighted by molar-refractivity contribution is -0.125. The smallest absolute Gasteiger partial charge is 0.232 e. The molecule has 5 heteroatoms. The zero-order chi connectivity index (χ0) is 19.9. The second-order valence-corrected chi connectivity index (χ2v) is 8.17. The molecule has 1 amide bonds. The van der Waals surface area contributed by atoms with E-state index in [1.807, 2.05) is 12.1 Å². The molecule has 2 aromatic rings. The van der Waals surface area contributed by atoms with Crippen molar-refractivity contribution in [1.82, 2.24) is 4.90 Å². The molecule has 2 heterocycles. The normalized spacial score (nSPS) is 20.8. The van der Waals surface area contributed by atoms with E-state index in [1.165, 1.54) is 5.56 Å². The van der Waals surface area contributed by atoms with Gasteiger partial charge in [0.05, 0.1) is 12.5 Å². The molecule has 0 aliphatic carbocycles. The van der Waals surface area contributed by atoms with E-state index in [4.69, 9.17) is 10.00 Å². The van der Waals surface area contributed by atoms with Gasteiger partial charge in [-0.1, -0.05) is 32.0 Å². The van der Waals surface area contributed by atoms with E-state index >= 15 is 0 Å². The van der Waals surface area contributed by atoms with Crippen molar-refractivity contribution in [3.05, 3.63) is 47.5 Å². The van der Waals surface area contributed by atoms with Gasteiger partial charge in [0.1, 0.15) is 5.75 Å². The summed E-state index contributed by atoms with van der Waals surface area (Å²) in [6.07, 6.45) is 3.57. The van der Waals surface area contributed by atoms with Crippen LogP contribution in [-0.2, 0) is 11.2 Å². The SMILES string of the molecule is COc1ccc(C(C)C)cc1-c1ccc2c(c1)NC(=O)C1(CCN(C#N)C1)C2. The number of carbonyl (C=O) groups excluding carboxylic acids is 1. The fourth-order valence-electron chi connectivity index (χ4n) is 4.31. The second kappa shape index (κ2) is 6.87. The number of nitrogens with zero attached hydrogens (tertiary/aromatic N) is 2. The predicted octanol–water partition coefficient (Wildman–Crippen LogP) is 4.15. The molecule has 2 aliphatic heterocycles. The van der Waals surface area contributed by atoms with E-state index < -0.39 is 5.41 Å². The van der Waals surface area contributed by atoms with Gasteiger partial charge in [0.2, 0.25) is 5.91 Å². The monoisotopic (exact) mass is 375 g/mol. The van der Waals surface area contributed by atoms with Crippen LogP contribution >= 0.6 is 0 Å². The van der Waals surface area contributed by atoms with Crippen LogP contribution in [0.1, 0.15) is 37.3 Å². The number of methoxy groups -OCH3 is 1. The topological polar surface area (TPSA) is 65.4 Å². The second-order valence-electron chi connectivity index (χ2n) is 8.17. The molecule has 1 fully saturated rings. The minimum atomic E-state index is -0.487. The maximum atomic E-state index is 12.9. The van der Waals surface area contributed by atoms with Crippen LogP contribution in [0.25, 0.3) is 11.1 Å². The summed E-state index contributed by atoms with van der Waals surface area (Å²) in [6, 6.07) is 12.5. The maximum absolute atomic E-state index is 12.9. The minimum Gasteiger partial charge on any atom is -0.496 e. The molecule has 1 N–H and O–H groups in total. The highest BCUT2D eigenvalue weighted by Crippen LogP contribution is 2.42. The van der Waals surface area contributed by atoms with Crippen LogP contribution in [0.3, 0.4) is 0 Å². The van der Waals surface area contributed by atoms with Gasteiger partial charge in [0.25, 0.3) is 0 Å². The van der Waals surface area contributed by atoms with E-state index in [1.54, 1.807) is 12.0 Å². The zero-order valence-electron chi connectivity index (χ0n) is 16.6. The molecular weight excluding hydrogens is 350 g/mol. The van der Waals surface area contributed by atoms with E-state index in [0.29, 0.717) is 25.4 Å². The molecule has 1 atom stereocenters. The van der Waals surface area contributed by atoms with E-state index in [2.05, 4.69) is 49.6 Å². The molecule has 5 nitrogen and oxygen atoms in total. The van der Waals surface area contributed by atoms with Gasteiger partial charge in [0.15, 0.2) is 6.19 Å². The average molecular weight is 375 g/mol. The molecule has 144 valence electrons. The lowest BCUT2D eigenvalue weighted by atomic mass is 9.76. The van der Waals surface area contributed by atoms with Crippen molar-refractivity contribution in [2.24, 2.45) is 5.41 Å². The number of benzene rings is 2. The lowest BCUT2D eigenvalue weighted by Gasteiger charge is -2.33. The summed E-state index contributed by atoms with van der Waals surface area (Å²) in [7, 11) is 1.68. The Hall–Kier alpha value is -3.00. The van der Waals surface area contributed by atoms with Gasteiger partial charge in [-0.25, -0.2) is 0 Å². The number of rotatable bonds is 3. The fourth-order valence-corrected chi connectivity index (χ4v) is 4.31. The Labute approximate surface area is 165 Å². The number of nitriles is 1. The Morgan fingerprint density at radius 1 is 1.25 bits per heavy atom.